The van der Waals surface area contributed by atoms with E-state index in [9.17, 15) is 4.79 Å². The predicted octanol–water partition coefficient (Wildman–Crippen LogP) is 1.97. The van der Waals surface area contributed by atoms with Gasteiger partial charge in [-0.3, -0.25) is 9.79 Å². The van der Waals surface area contributed by atoms with Crippen molar-refractivity contribution in [2.24, 2.45) is 10.9 Å². The van der Waals surface area contributed by atoms with Crippen molar-refractivity contribution in [2.75, 3.05) is 26.7 Å². The molecular formula is C19H28N4O. The maximum Gasteiger partial charge on any atom is 0.222 e. The van der Waals surface area contributed by atoms with Gasteiger partial charge in [-0.25, -0.2) is 0 Å². The van der Waals surface area contributed by atoms with E-state index < -0.39 is 0 Å². The Hall–Kier alpha value is -2.04. The molecule has 1 aromatic rings. The number of nitrogens with one attached hydrogen (secondary N) is 2. The first-order valence-electron chi connectivity index (χ1n) is 9.01. The summed E-state index contributed by atoms with van der Waals surface area (Å²) >= 11 is 0. The fraction of sp³-hybridized carbons (Fsp3) is 0.579. The first-order valence-corrected chi connectivity index (χ1v) is 9.01. The topological polar surface area (TPSA) is 56.7 Å². The zero-order valence-electron chi connectivity index (χ0n) is 14.7. The van der Waals surface area contributed by atoms with E-state index in [1.54, 1.807) is 7.05 Å². The average Bonchev–Trinajstić information content (AvgIpc) is 3.26. The number of hydrogen-bond donors (Lipinski definition) is 2. The molecule has 1 aliphatic heterocycles. The molecule has 1 saturated carbocycles. The van der Waals surface area contributed by atoms with Crippen LogP contribution in [0.3, 0.4) is 0 Å². The van der Waals surface area contributed by atoms with Gasteiger partial charge in [0, 0.05) is 39.1 Å². The number of amides is 1. The molecule has 1 aromatic carbocycles. The molecule has 5 nitrogen and oxygen atoms in total. The van der Waals surface area contributed by atoms with Crippen LogP contribution in [0.15, 0.2) is 35.3 Å². The molecule has 2 aliphatic rings. The quantitative estimate of drug-likeness (QED) is 0.642. The number of rotatable bonds is 5. The van der Waals surface area contributed by atoms with Crippen LogP contribution in [0, 0.1) is 5.92 Å². The third-order valence-corrected chi connectivity index (χ3v) is 5.09. The number of benzene rings is 1. The molecule has 0 bridgehead atoms. The lowest BCUT2D eigenvalue weighted by atomic mass is 10.1. The Morgan fingerprint density at radius 1 is 1.33 bits per heavy atom. The Kier molecular flexibility index (Phi) is 5.38. The van der Waals surface area contributed by atoms with Gasteiger partial charge >= 0.3 is 0 Å². The smallest absolute Gasteiger partial charge is 0.222 e. The summed E-state index contributed by atoms with van der Waals surface area (Å²) in [5.74, 6) is 2.46. The predicted molar refractivity (Wildman–Crippen MR) is 97.1 cm³/mol. The van der Waals surface area contributed by atoms with E-state index in [2.05, 4.69) is 46.0 Å². The molecule has 1 aliphatic carbocycles. The van der Waals surface area contributed by atoms with Crippen LogP contribution in [0.2, 0.25) is 0 Å². The van der Waals surface area contributed by atoms with Gasteiger partial charge in [0.1, 0.15) is 0 Å². The largest absolute Gasteiger partial charge is 0.356 e. The number of carbonyl (C=O) groups is 1. The molecule has 1 saturated heterocycles. The third kappa shape index (κ3) is 4.08. The van der Waals surface area contributed by atoms with Gasteiger partial charge in [-0.1, -0.05) is 37.3 Å². The van der Waals surface area contributed by atoms with E-state index in [1.807, 2.05) is 11.8 Å². The van der Waals surface area contributed by atoms with Crippen LogP contribution in [0.25, 0.3) is 0 Å². The average molecular weight is 328 g/mol. The molecule has 1 heterocycles. The van der Waals surface area contributed by atoms with Crippen LogP contribution >= 0.6 is 0 Å². The van der Waals surface area contributed by atoms with Crippen molar-refractivity contribution >= 4 is 11.9 Å². The number of aliphatic imine (C=N–C) groups is 1. The first-order chi connectivity index (χ1) is 11.7. The molecule has 0 aromatic heterocycles. The normalized spacial score (nSPS) is 26.3. The minimum Gasteiger partial charge on any atom is -0.356 e. The summed E-state index contributed by atoms with van der Waals surface area (Å²) < 4.78 is 0. The first kappa shape index (κ1) is 16.8. The van der Waals surface area contributed by atoms with Gasteiger partial charge in [0.25, 0.3) is 0 Å². The molecule has 24 heavy (non-hydrogen) atoms. The Labute approximate surface area is 144 Å². The van der Waals surface area contributed by atoms with Gasteiger partial charge in [-0.15, -0.1) is 0 Å². The highest BCUT2D eigenvalue weighted by Crippen LogP contribution is 2.46. The van der Waals surface area contributed by atoms with Crippen molar-refractivity contribution < 1.29 is 4.79 Å². The minimum absolute atomic E-state index is 0.242. The van der Waals surface area contributed by atoms with Crippen LogP contribution in [-0.2, 0) is 4.79 Å². The standard InChI is InChI=1S/C19H28N4O/c1-3-18(24)23-10-9-16(13-23)22-19(20-2)21-12-15-11-17(15)14-7-5-4-6-8-14/h4-8,15-17H,3,9-13H2,1-2H3,(H2,20,21,22). The maximum absolute atomic E-state index is 11.8. The van der Waals surface area contributed by atoms with Gasteiger partial charge < -0.3 is 15.5 Å². The molecule has 2 fully saturated rings. The number of guanidine groups is 1. The van der Waals surface area contributed by atoms with Crippen LogP contribution in [0.1, 0.15) is 37.7 Å². The van der Waals surface area contributed by atoms with Crippen molar-refractivity contribution in [1.29, 1.82) is 0 Å². The van der Waals surface area contributed by atoms with Crippen LogP contribution in [-0.4, -0.2) is 49.5 Å². The van der Waals surface area contributed by atoms with Crippen LogP contribution < -0.4 is 10.6 Å². The molecule has 3 unspecified atom stereocenters. The second-order valence-electron chi connectivity index (χ2n) is 6.79. The number of likely N-dealkylation sites (tertiary alicyclic amines) is 1. The molecule has 3 atom stereocenters. The third-order valence-electron chi connectivity index (χ3n) is 5.09. The van der Waals surface area contributed by atoms with E-state index >= 15 is 0 Å². The summed E-state index contributed by atoms with van der Waals surface area (Å²) in [7, 11) is 1.81. The summed E-state index contributed by atoms with van der Waals surface area (Å²) in [6.07, 6.45) is 2.82. The van der Waals surface area contributed by atoms with E-state index in [1.165, 1.54) is 12.0 Å². The minimum atomic E-state index is 0.242. The highest BCUT2D eigenvalue weighted by atomic mass is 16.2. The zero-order chi connectivity index (χ0) is 16.9. The van der Waals surface area contributed by atoms with Crippen LogP contribution in [0.5, 0.6) is 0 Å². The van der Waals surface area contributed by atoms with Crippen molar-refractivity contribution in [3.05, 3.63) is 35.9 Å². The SMILES string of the molecule is CCC(=O)N1CCC(NC(=NC)NCC2CC2c2ccccc2)C1. The fourth-order valence-electron chi connectivity index (χ4n) is 3.53. The Morgan fingerprint density at radius 2 is 2.12 bits per heavy atom. The molecule has 130 valence electrons. The second-order valence-corrected chi connectivity index (χ2v) is 6.79. The monoisotopic (exact) mass is 328 g/mol. The number of hydrogen-bond acceptors (Lipinski definition) is 2. The maximum atomic E-state index is 11.8. The van der Waals surface area contributed by atoms with Crippen molar-refractivity contribution in [3.63, 3.8) is 0 Å². The molecule has 5 heteroatoms. The van der Waals surface area contributed by atoms with E-state index in [0.717, 1.165) is 32.0 Å². The lowest BCUT2D eigenvalue weighted by molar-refractivity contribution is -0.129. The van der Waals surface area contributed by atoms with Crippen molar-refractivity contribution in [2.45, 2.75) is 38.1 Å². The molecule has 0 spiro atoms. The Bertz CT molecular complexity index is 586. The van der Waals surface area contributed by atoms with Gasteiger partial charge in [-0.2, -0.15) is 0 Å². The molecule has 0 radical (unpaired) electrons. The zero-order valence-corrected chi connectivity index (χ0v) is 14.7. The van der Waals surface area contributed by atoms with Crippen LogP contribution in [0.4, 0.5) is 0 Å². The Morgan fingerprint density at radius 3 is 2.83 bits per heavy atom. The van der Waals surface area contributed by atoms with E-state index in [0.29, 0.717) is 24.3 Å². The van der Waals surface area contributed by atoms with Crippen molar-refractivity contribution in [3.8, 4) is 0 Å². The highest BCUT2D eigenvalue weighted by molar-refractivity contribution is 5.80. The number of carbonyl (C=O) groups excluding carboxylic acids is 1. The van der Waals surface area contributed by atoms with Gasteiger partial charge in [-0.05, 0) is 30.2 Å². The summed E-state index contributed by atoms with van der Waals surface area (Å²) in [6.45, 7) is 4.50. The lowest BCUT2D eigenvalue weighted by Gasteiger charge is -2.18. The van der Waals surface area contributed by atoms with Gasteiger partial charge in [0.05, 0.1) is 0 Å². The Balaban J connectivity index is 1.41. The lowest BCUT2D eigenvalue weighted by Crippen LogP contribution is -2.45. The van der Waals surface area contributed by atoms with Crippen molar-refractivity contribution in [1.82, 2.24) is 15.5 Å². The fourth-order valence-corrected chi connectivity index (χ4v) is 3.53. The summed E-state index contributed by atoms with van der Waals surface area (Å²) in [5, 5.41) is 6.91. The second kappa shape index (κ2) is 7.69. The van der Waals surface area contributed by atoms with Gasteiger partial charge in [0.2, 0.25) is 5.91 Å². The van der Waals surface area contributed by atoms with E-state index in [4.69, 9.17) is 0 Å². The summed E-state index contributed by atoms with van der Waals surface area (Å²) in [6, 6.07) is 11.0. The molecule has 2 N–H and O–H groups in total. The molecule has 3 rings (SSSR count). The molecule has 1 amide bonds. The number of nitrogens with zero attached hydrogens (tertiary/aromatic N) is 2. The highest BCUT2D eigenvalue weighted by Gasteiger charge is 2.38. The van der Waals surface area contributed by atoms with E-state index in [-0.39, 0.29) is 5.91 Å². The summed E-state index contributed by atoms with van der Waals surface area (Å²) in [5.41, 5.74) is 1.44. The van der Waals surface area contributed by atoms with Gasteiger partial charge in [0.15, 0.2) is 5.96 Å². The molecular weight excluding hydrogens is 300 g/mol. The summed E-state index contributed by atoms with van der Waals surface area (Å²) in [4.78, 5) is 18.0.